The van der Waals surface area contributed by atoms with E-state index in [1.165, 1.54) is 5.56 Å². The highest BCUT2D eigenvalue weighted by atomic mass is 16.3. The number of aromatic nitrogens is 2. The summed E-state index contributed by atoms with van der Waals surface area (Å²) in [6.07, 6.45) is 3.25. The van der Waals surface area contributed by atoms with Crippen molar-refractivity contribution in [3.8, 4) is 11.1 Å². The molecule has 106 valence electrons. The van der Waals surface area contributed by atoms with Crippen LogP contribution in [0.25, 0.3) is 11.1 Å². The number of rotatable bonds is 4. The zero-order valence-corrected chi connectivity index (χ0v) is 12.0. The van der Waals surface area contributed by atoms with E-state index in [4.69, 9.17) is 0 Å². The minimum Gasteiger partial charge on any atom is -0.386 e. The van der Waals surface area contributed by atoms with Crippen LogP contribution in [-0.2, 0) is 6.54 Å². The summed E-state index contributed by atoms with van der Waals surface area (Å²) in [5.41, 5.74) is 4.30. The quantitative estimate of drug-likeness (QED) is 0.792. The van der Waals surface area contributed by atoms with Crippen molar-refractivity contribution in [3.63, 3.8) is 0 Å². The Morgan fingerprint density at radius 2 is 1.71 bits per heavy atom. The zero-order valence-electron chi connectivity index (χ0n) is 12.0. The number of hydrogen-bond donors (Lipinski definition) is 1. The SMILES string of the molecule is Cc1ccc(C(O)Cn2cc(-c3ccccc3)cn2)cc1. The van der Waals surface area contributed by atoms with Crippen molar-refractivity contribution in [1.29, 1.82) is 0 Å². The van der Waals surface area contributed by atoms with E-state index in [1.807, 2.05) is 61.8 Å². The standard InChI is InChI=1S/C18H18N2O/c1-14-7-9-16(10-8-14)18(21)13-20-12-17(11-19-20)15-5-3-2-4-6-15/h2-12,18,21H,13H2,1H3. The van der Waals surface area contributed by atoms with Crippen LogP contribution in [0, 0.1) is 6.92 Å². The summed E-state index contributed by atoms with van der Waals surface area (Å²) in [5.74, 6) is 0. The van der Waals surface area contributed by atoms with Gasteiger partial charge in [-0.2, -0.15) is 5.10 Å². The number of aliphatic hydroxyl groups is 1. The molecule has 0 saturated carbocycles. The molecule has 0 radical (unpaired) electrons. The van der Waals surface area contributed by atoms with Gasteiger partial charge in [0.25, 0.3) is 0 Å². The minimum atomic E-state index is -0.547. The molecule has 1 heterocycles. The van der Waals surface area contributed by atoms with E-state index in [1.54, 1.807) is 4.68 Å². The maximum Gasteiger partial charge on any atom is 0.0985 e. The van der Waals surface area contributed by atoms with Crippen molar-refractivity contribution >= 4 is 0 Å². The summed E-state index contributed by atoms with van der Waals surface area (Å²) in [7, 11) is 0. The van der Waals surface area contributed by atoms with Crippen LogP contribution in [0.5, 0.6) is 0 Å². The van der Waals surface area contributed by atoms with E-state index >= 15 is 0 Å². The molecule has 3 rings (SSSR count). The van der Waals surface area contributed by atoms with Crippen LogP contribution >= 0.6 is 0 Å². The molecule has 0 bridgehead atoms. The lowest BCUT2D eigenvalue weighted by Crippen LogP contribution is -2.08. The Balaban J connectivity index is 1.74. The Kier molecular flexibility index (Phi) is 3.84. The molecule has 0 aliphatic carbocycles. The van der Waals surface area contributed by atoms with Crippen LogP contribution in [0.1, 0.15) is 17.2 Å². The monoisotopic (exact) mass is 278 g/mol. The first-order valence-corrected chi connectivity index (χ1v) is 7.05. The highest BCUT2D eigenvalue weighted by Crippen LogP contribution is 2.20. The third-order valence-corrected chi connectivity index (χ3v) is 3.56. The van der Waals surface area contributed by atoms with Crippen LogP contribution in [0.3, 0.4) is 0 Å². The number of nitrogens with zero attached hydrogens (tertiary/aromatic N) is 2. The summed E-state index contributed by atoms with van der Waals surface area (Å²) in [6, 6.07) is 18.1. The average molecular weight is 278 g/mol. The van der Waals surface area contributed by atoms with Gasteiger partial charge in [-0.25, -0.2) is 0 Å². The third-order valence-electron chi connectivity index (χ3n) is 3.56. The number of aliphatic hydroxyl groups excluding tert-OH is 1. The lowest BCUT2D eigenvalue weighted by molar-refractivity contribution is 0.151. The van der Waals surface area contributed by atoms with Crippen molar-refractivity contribution in [1.82, 2.24) is 9.78 Å². The first-order valence-electron chi connectivity index (χ1n) is 7.05. The molecule has 21 heavy (non-hydrogen) atoms. The highest BCUT2D eigenvalue weighted by Gasteiger charge is 2.09. The molecule has 1 atom stereocenters. The predicted octanol–water partition coefficient (Wildman–Crippen LogP) is 3.59. The molecule has 0 fully saturated rings. The molecule has 0 amide bonds. The van der Waals surface area contributed by atoms with Gasteiger partial charge in [0.2, 0.25) is 0 Å². The molecule has 0 saturated heterocycles. The van der Waals surface area contributed by atoms with E-state index < -0.39 is 6.10 Å². The largest absolute Gasteiger partial charge is 0.386 e. The van der Waals surface area contributed by atoms with E-state index in [0.717, 1.165) is 16.7 Å². The molecule has 3 aromatic rings. The van der Waals surface area contributed by atoms with E-state index in [9.17, 15) is 5.11 Å². The molecule has 1 aromatic heterocycles. The van der Waals surface area contributed by atoms with Crippen LogP contribution in [0.15, 0.2) is 67.0 Å². The van der Waals surface area contributed by atoms with Gasteiger partial charge < -0.3 is 5.11 Å². The molecule has 3 heteroatoms. The van der Waals surface area contributed by atoms with Crippen molar-refractivity contribution in [2.24, 2.45) is 0 Å². The van der Waals surface area contributed by atoms with Gasteiger partial charge in [0, 0.05) is 11.8 Å². The molecule has 1 N–H and O–H groups in total. The fourth-order valence-corrected chi connectivity index (χ4v) is 2.31. The molecule has 0 aliphatic heterocycles. The summed E-state index contributed by atoms with van der Waals surface area (Å²) >= 11 is 0. The second-order valence-corrected chi connectivity index (χ2v) is 5.24. The summed E-state index contributed by atoms with van der Waals surface area (Å²) in [5, 5.41) is 14.6. The van der Waals surface area contributed by atoms with Crippen molar-refractivity contribution in [2.75, 3.05) is 0 Å². The summed E-state index contributed by atoms with van der Waals surface area (Å²) in [6.45, 7) is 2.49. The molecule has 0 aliphatic rings. The molecule has 3 nitrogen and oxygen atoms in total. The summed E-state index contributed by atoms with van der Waals surface area (Å²) in [4.78, 5) is 0. The lowest BCUT2D eigenvalue weighted by atomic mass is 10.1. The van der Waals surface area contributed by atoms with Gasteiger partial charge in [-0.15, -0.1) is 0 Å². The normalized spacial score (nSPS) is 12.3. The van der Waals surface area contributed by atoms with Crippen molar-refractivity contribution < 1.29 is 5.11 Å². The van der Waals surface area contributed by atoms with Gasteiger partial charge in [-0.05, 0) is 18.1 Å². The average Bonchev–Trinajstić information content (AvgIpc) is 2.97. The highest BCUT2D eigenvalue weighted by molar-refractivity contribution is 5.61. The molecule has 1 unspecified atom stereocenters. The first-order chi connectivity index (χ1) is 10.2. The number of hydrogen-bond acceptors (Lipinski definition) is 2. The number of aryl methyl sites for hydroxylation is 1. The fraction of sp³-hybridized carbons (Fsp3) is 0.167. The topological polar surface area (TPSA) is 38.0 Å². The maximum atomic E-state index is 10.3. The summed E-state index contributed by atoms with van der Waals surface area (Å²) < 4.78 is 1.78. The van der Waals surface area contributed by atoms with Gasteiger partial charge in [-0.3, -0.25) is 4.68 Å². The van der Waals surface area contributed by atoms with Crippen LogP contribution in [0.2, 0.25) is 0 Å². The Labute approximate surface area is 124 Å². The van der Waals surface area contributed by atoms with Gasteiger partial charge in [-0.1, -0.05) is 60.2 Å². The maximum absolute atomic E-state index is 10.3. The Morgan fingerprint density at radius 1 is 1.00 bits per heavy atom. The first kappa shape index (κ1) is 13.6. The second-order valence-electron chi connectivity index (χ2n) is 5.24. The minimum absolute atomic E-state index is 0.454. The van der Waals surface area contributed by atoms with Crippen LogP contribution in [-0.4, -0.2) is 14.9 Å². The van der Waals surface area contributed by atoms with Crippen molar-refractivity contribution in [2.45, 2.75) is 19.6 Å². The molecular formula is C18H18N2O. The Hall–Kier alpha value is -2.39. The van der Waals surface area contributed by atoms with Gasteiger partial charge in [0.1, 0.15) is 0 Å². The van der Waals surface area contributed by atoms with Crippen LogP contribution < -0.4 is 0 Å². The van der Waals surface area contributed by atoms with Gasteiger partial charge in [0.05, 0.1) is 18.8 Å². The zero-order chi connectivity index (χ0) is 14.7. The fourth-order valence-electron chi connectivity index (χ4n) is 2.31. The van der Waals surface area contributed by atoms with E-state index in [-0.39, 0.29) is 0 Å². The Bertz CT molecular complexity index is 702. The van der Waals surface area contributed by atoms with Gasteiger partial charge in [0.15, 0.2) is 0 Å². The molecule has 0 spiro atoms. The smallest absolute Gasteiger partial charge is 0.0985 e. The van der Waals surface area contributed by atoms with E-state index in [0.29, 0.717) is 6.54 Å². The second kappa shape index (κ2) is 5.94. The number of benzene rings is 2. The lowest BCUT2D eigenvalue weighted by Gasteiger charge is -2.11. The van der Waals surface area contributed by atoms with Crippen LogP contribution in [0.4, 0.5) is 0 Å². The molecular weight excluding hydrogens is 260 g/mol. The molecule has 2 aromatic carbocycles. The van der Waals surface area contributed by atoms with Crippen molar-refractivity contribution in [3.05, 3.63) is 78.1 Å². The van der Waals surface area contributed by atoms with Gasteiger partial charge >= 0.3 is 0 Å². The third kappa shape index (κ3) is 3.20. The Morgan fingerprint density at radius 3 is 2.43 bits per heavy atom. The predicted molar refractivity (Wildman–Crippen MR) is 83.8 cm³/mol. The van der Waals surface area contributed by atoms with E-state index in [2.05, 4.69) is 17.2 Å².